The minimum Gasteiger partial charge on any atom is -0.493 e. The molecule has 154 valence electrons. The first-order valence-electron chi connectivity index (χ1n) is 9.25. The predicted octanol–water partition coefficient (Wildman–Crippen LogP) is 6.03. The van der Waals surface area contributed by atoms with Crippen molar-refractivity contribution in [2.75, 3.05) is 12.4 Å². The summed E-state index contributed by atoms with van der Waals surface area (Å²) in [4.78, 5) is 12.2. The van der Waals surface area contributed by atoms with E-state index in [1.54, 1.807) is 49.6 Å². The molecule has 0 spiro atoms. The van der Waals surface area contributed by atoms with Gasteiger partial charge in [-0.05, 0) is 66.1 Å². The number of carbonyl (C=O) groups excluding carboxylic acids is 1. The van der Waals surface area contributed by atoms with E-state index >= 15 is 0 Å². The van der Waals surface area contributed by atoms with Gasteiger partial charge in [0.2, 0.25) is 5.91 Å². The van der Waals surface area contributed by atoms with Crippen LogP contribution in [-0.2, 0) is 11.4 Å². The van der Waals surface area contributed by atoms with Crippen molar-refractivity contribution >= 4 is 29.3 Å². The number of aryl methyl sites for hydroxylation is 1. The van der Waals surface area contributed by atoms with E-state index in [1.165, 1.54) is 18.2 Å². The van der Waals surface area contributed by atoms with Crippen molar-refractivity contribution in [3.05, 3.63) is 94.3 Å². The van der Waals surface area contributed by atoms with Gasteiger partial charge in [0.25, 0.3) is 0 Å². The van der Waals surface area contributed by atoms with Crippen LogP contribution in [0.25, 0.3) is 6.08 Å². The normalized spacial score (nSPS) is 10.8. The van der Waals surface area contributed by atoms with Crippen molar-refractivity contribution in [1.29, 1.82) is 0 Å². The van der Waals surface area contributed by atoms with Crippen LogP contribution in [0, 0.1) is 12.7 Å². The molecule has 6 heteroatoms. The molecule has 0 aliphatic heterocycles. The molecule has 3 aromatic carbocycles. The fraction of sp³-hybridized carbons (Fsp3) is 0.125. The Kier molecular flexibility index (Phi) is 7.09. The van der Waals surface area contributed by atoms with Crippen molar-refractivity contribution in [3.8, 4) is 11.5 Å². The second-order valence-electron chi connectivity index (χ2n) is 6.61. The van der Waals surface area contributed by atoms with Crippen LogP contribution in [0.4, 0.5) is 10.1 Å². The number of hydrogen-bond acceptors (Lipinski definition) is 3. The van der Waals surface area contributed by atoms with Crippen LogP contribution in [-0.4, -0.2) is 13.0 Å². The number of ether oxygens (including phenoxy) is 2. The van der Waals surface area contributed by atoms with E-state index in [2.05, 4.69) is 5.32 Å². The van der Waals surface area contributed by atoms with Crippen molar-refractivity contribution in [2.24, 2.45) is 0 Å². The van der Waals surface area contributed by atoms with Crippen molar-refractivity contribution in [3.63, 3.8) is 0 Å². The fourth-order valence-corrected chi connectivity index (χ4v) is 2.90. The number of amides is 1. The molecule has 0 saturated heterocycles. The van der Waals surface area contributed by atoms with Gasteiger partial charge in [-0.1, -0.05) is 35.9 Å². The summed E-state index contributed by atoms with van der Waals surface area (Å²) in [6.45, 7) is 2.18. The van der Waals surface area contributed by atoms with Gasteiger partial charge >= 0.3 is 0 Å². The maximum Gasteiger partial charge on any atom is 0.248 e. The molecule has 0 aliphatic rings. The van der Waals surface area contributed by atoms with Crippen LogP contribution in [0.15, 0.2) is 66.7 Å². The molecular formula is C24H21ClFNO3. The molecule has 1 amide bonds. The number of benzene rings is 3. The molecule has 0 aliphatic carbocycles. The summed E-state index contributed by atoms with van der Waals surface area (Å²) in [5, 5.41) is 3.37. The van der Waals surface area contributed by atoms with E-state index in [0.29, 0.717) is 22.2 Å². The first-order chi connectivity index (χ1) is 14.4. The van der Waals surface area contributed by atoms with Crippen LogP contribution in [0.5, 0.6) is 11.5 Å². The molecule has 0 unspecified atom stereocenters. The maximum absolute atomic E-state index is 13.0. The van der Waals surface area contributed by atoms with E-state index in [9.17, 15) is 9.18 Å². The smallest absolute Gasteiger partial charge is 0.248 e. The molecule has 0 heterocycles. The highest BCUT2D eigenvalue weighted by molar-refractivity contribution is 6.31. The van der Waals surface area contributed by atoms with Crippen molar-refractivity contribution in [2.45, 2.75) is 13.5 Å². The molecule has 0 radical (unpaired) electrons. The Labute approximate surface area is 179 Å². The number of rotatable bonds is 7. The van der Waals surface area contributed by atoms with Gasteiger partial charge < -0.3 is 14.8 Å². The summed E-state index contributed by atoms with van der Waals surface area (Å²) in [5.74, 6) is 0.529. The van der Waals surface area contributed by atoms with Crippen LogP contribution in [0.2, 0.25) is 5.02 Å². The van der Waals surface area contributed by atoms with Gasteiger partial charge in [-0.2, -0.15) is 0 Å². The lowest BCUT2D eigenvalue weighted by Gasteiger charge is -2.11. The van der Waals surface area contributed by atoms with E-state index in [1.807, 2.05) is 19.1 Å². The average Bonchev–Trinajstić information content (AvgIpc) is 2.74. The molecule has 0 atom stereocenters. The van der Waals surface area contributed by atoms with Gasteiger partial charge in [-0.15, -0.1) is 0 Å². The van der Waals surface area contributed by atoms with Crippen LogP contribution in [0.1, 0.15) is 16.7 Å². The molecule has 4 nitrogen and oxygen atoms in total. The third-order valence-corrected chi connectivity index (χ3v) is 4.62. The third-order valence-electron chi connectivity index (χ3n) is 4.38. The Balaban J connectivity index is 1.65. The summed E-state index contributed by atoms with van der Waals surface area (Å²) < 4.78 is 24.2. The second kappa shape index (κ2) is 9.94. The van der Waals surface area contributed by atoms with Gasteiger partial charge in [0, 0.05) is 16.8 Å². The molecule has 3 rings (SSSR count). The lowest BCUT2D eigenvalue weighted by molar-refractivity contribution is -0.111. The predicted molar refractivity (Wildman–Crippen MR) is 118 cm³/mol. The van der Waals surface area contributed by atoms with Crippen LogP contribution >= 0.6 is 11.6 Å². The van der Waals surface area contributed by atoms with E-state index < -0.39 is 0 Å². The highest BCUT2D eigenvalue weighted by Crippen LogP contribution is 2.29. The zero-order chi connectivity index (χ0) is 21.5. The highest BCUT2D eigenvalue weighted by Gasteiger charge is 2.07. The average molecular weight is 426 g/mol. The summed E-state index contributed by atoms with van der Waals surface area (Å²) in [6, 6.07) is 16.8. The topological polar surface area (TPSA) is 47.6 Å². The number of methoxy groups -OCH3 is 1. The first kappa shape index (κ1) is 21.4. The second-order valence-corrected chi connectivity index (χ2v) is 7.04. The molecule has 0 saturated carbocycles. The third kappa shape index (κ3) is 5.84. The number of anilines is 1. The Morgan fingerprint density at radius 2 is 1.83 bits per heavy atom. The molecule has 30 heavy (non-hydrogen) atoms. The zero-order valence-corrected chi connectivity index (χ0v) is 17.4. The van der Waals surface area contributed by atoms with Gasteiger partial charge in [0.1, 0.15) is 12.4 Å². The van der Waals surface area contributed by atoms with E-state index in [0.717, 1.165) is 16.7 Å². The van der Waals surface area contributed by atoms with Crippen LogP contribution < -0.4 is 14.8 Å². The summed E-state index contributed by atoms with van der Waals surface area (Å²) in [5.41, 5.74) is 3.21. The van der Waals surface area contributed by atoms with E-state index in [-0.39, 0.29) is 18.3 Å². The molecule has 0 aromatic heterocycles. The minimum atomic E-state index is -0.290. The highest BCUT2D eigenvalue weighted by atomic mass is 35.5. The largest absolute Gasteiger partial charge is 0.493 e. The number of halogens is 2. The fourth-order valence-electron chi connectivity index (χ4n) is 2.72. The SMILES string of the molecule is COc1cc(/C=C/C(=O)Nc2cc(Cl)ccc2C)ccc1OCc1ccc(F)cc1. The van der Waals surface area contributed by atoms with Gasteiger partial charge in [0.15, 0.2) is 11.5 Å². The van der Waals surface area contributed by atoms with Crippen molar-refractivity contribution in [1.82, 2.24) is 0 Å². The number of nitrogens with one attached hydrogen (secondary N) is 1. The van der Waals surface area contributed by atoms with Crippen molar-refractivity contribution < 1.29 is 18.7 Å². The Bertz CT molecular complexity index is 1060. The Hall–Kier alpha value is -3.31. The van der Waals surface area contributed by atoms with E-state index in [4.69, 9.17) is 21.1 Å². The Morgan fingerprint density at radius 1 is 1.07 bits per heavy atom. The maximum atomic E-state index is 13.0. The monoisotopic (exact) mass is 425 g/mol. The number of carbonyl (C=O) groups is 1. The first-order valence-corrected chi connectivity index (χ1v) is 9.63. The molecular weight excluding hydrogens is 405 g/mol. The quantitative estimate of drug-likeness (QED) is 0.470. The van der Waals surface area contributed by atoms with Crippen LogP contribution in [0.3, 0.4) is 0 Å². The lowest BCUT2D eigenvalue weighted by Crippen LogP contribution is -2.08. The molecule has 1 N–H and O–H groups in total. The summed E-state index contributed by atoms with van der Waals surface area (Å²) in [6.07, 6.45) is 3.12. The zero-order valence-electron chi connectivity index (χ0n) is 16.6. The summed E-state index contributed by atoms with van der Waals surface area (Å²) >= 11 is 5.98. The number of hydrogen-bond donors (Lipinski definition) is 1. The van der Waals surface area contributed by atoms with Gasteiger partial charge in [-0.3, -0.25) is 4.79 Å². The minimum absolute atomic E-state index is 0.268. The van der Waals surface area contributed by atoms with Gasteiger partial charge in [0.05, 0.1) is 7.11 Å². The summed E-state index contributed by atoms with van der Waals surface area (Å²) in [7, 11) is 1.54. The molecule has 0 bridgehead atoms. The molecule has 3 aromatic rings. The Morgan fingerprint density at radius 3 is 2.57 bits per heavy atom. The molecule has 0 fully saturated rings. The lowest BCUT2D eigenvalue weighted by atomic mass is 10.1. The van der Waals surface area contributed by atoms with Gasteiger partial charge in [-0.25, -0.2) is 4.39 Å². The standard InChI is InChI=1S/C24H21ClFNO3/c1-16-3-8-19(25)14-21(16)27-24(28)12-7-17-6-11-22(23(13-17)29-2)30-15-18-4-9-20(26)10-5-18/h3-14H,15H2,1-2H3,(H,27,28)/b12-7+.